The molecule has 0 bridgehead atoms. The average Bonchev–Trinajstić information content (AvgIpc) is 2.68. The molecule has 0 aliphatic carbocycles. The molecule has 7 heteroatoms. The van der Waals surface area contributed by atoms with Gasteiger partial charge in [-0.3, -0.25) is 0 Å². The Hall–Kier alpha value is -1.37. The predicted octanol–water partition coefficient (Wildman–Crippen LogP) is 0.722. The fourth-order valence-corrected chi connectivity index (χ4v) is 3.79. The van der Waals surface area contributed by atoms with Gasteiger partial charge in [-0.1, -0.05) is 0 Å². The van der Waals surface area contributed by atoms with Crippen molar-refractivity contribution >= 4 is 15.8 Å². The molecular weight excluding hydrogens is 254 g/mol. The van der Waals surface area contributed by atoms with Gasteiger partial charge in [0.25, 0.3) is 0 Å². The average molecular weight is 271 g/mol. The lowest BCUT2D eigenvalue weighted by atomic mass is 10.1. The Morgan fingerprint density at radius 3 is 3.06 bits per heavy atom. The van der Waals surface area contributed by atoms with Crippen LogP contribution in [-0.4, -0.2) is 43.0 Å². The number of nitrogens with one attached hydrogen (secondary N) is 1. The highest BCUT2D eigenvalue weighted by Gasteiger charge is 2.27. The van der Waals surface area contributed by atoms with Crippen LogP contribution in [0.15, 0.2) is 12.3 Å². The summed E-state index contributed by atoms with van der Waals surface area (Å²) in [6, 6.07) is 1.69. The van der Waals surface area contributed by atoms with E-state index in [9.17, 15) is 8.42 Å². The molecule has 0 amide bonds. The minimum Gasteiger partial charge on any atom is -0.478 e. The first-order valence-electron chi connectivity index (χ1n) is 5.99. The van der Waals surface area contributed by atoms with Crippen molar-refractivity contribution in [3.05, 3.63) is 12.3 Å². The Morgan fingerprint density at radius 1 is 1.56 bits per heavy atom. The molecule has 1 fully saturated rings. The Balaban J connectivity index is 1.88. The van der Waals surface area contributed by atoms with Gasteiger partial charge in [0, 0.05) is 18.8 Å². The molecule has 100 valence electrons. The Morgan fingerprint density at radius 2 is 2.39 bits per heavy atom. The summed E-state index contributed by atoms with van der Waals surface area (Å²) in [5.41, 5.74) is 0. The zero-order valence-electron chi connectivity index (χ0n) is 10.3. The summed E-state index contributed by atoms with van der Waals surface area (Å²) in [6.07, 6.45) is 2.33. The smallest absolute Gasteiger partial charge is 0.225 e. The molecular formula is C11H17N3O3S. The lowest BCUT2D eigenvalue weighted by molar-refractivity contribution is 0.326. The molecule has 1 aromatic heterocycles. The van der Waals surface area contributed by atoms with E-state index in [0.717, 1.165) is 0 Å². The fourth-order valence-electron chi connectivity index (χ4n) is 1.92. The number of aromatic nitrogens is 2. The van der Waals surface area contributed by atoms with Gasteiger partial charge in [-0.15, -0.1) is 0 Å². The molecule has 1 atom stereocenters. The van der Waals surface area contributed by atoms with E-state index in [1.54, 1.807) is 12.3 Å². The molecule has 0 saturated carbocycles. The Kier molecular flexibility index (Phi) is 4.00. The van der Waals surface area contributed by atoms with Crippen molar-refractivity contribution < 1.29 is 13.2 Å². The summed E-state index contributed by atoms with van der Waals surface area (Å²) in [5, 5.41) is 3.06. The van der Waals surface area contributed by atoms with Crippen LogP contribution in [-0.2, 0) is 9.84 Å². The van der Waals surface area contributed by atoms with Crippen molar-refractivity contribution in [1.82, 2.24) is 9.97 Å². The van der Waals surface area contributed by atoms with Crippen LogP contribution in [0.1, 0.15) is 13.3 Å². The molecule has 1 aliphatic heterocycles. The summed E-state index contributed by atoms with van der Waals surface area (Å²) in [5.74, 6) is 1.69. The molecule has 2 heterocycles. The maximum Gasteiger partial charge on any atom is 0.225 e. The molecule has 1 saturated heterocycles. The monoisotopic (exact) mass is 271 g/mol. The molecule has 1 N–H and O–H groups in total. The van der Waals surface area contributed by atoms with Crippen LogP contribution < -0.4 is 10.1 Å². The van der Waals surface area contributed by atoms with E-state index in [1.807, 2.05) is 6.92 Å². The van der Waals surface area contributed by atoms with Crippen LogP contribution in [0.2, 0.25) is 0 Å². The molecule has 0 spiro atoms. The number of sulfone groups is 1. The summed E-state index contributed by atoms with van der Waals surface area (Å²) in [6.45, 7) is 3.02. The van der Waals surface area contributed by atoms with Crippen molar-refractivity contribution in [3.63, 3.8) is 0 Å². The first kappa shape index (κ1) is 13.1. The summed E-state index contributed by atoms with van der Waals surface area (Å²) in [4.78, 5) is 8.23. The van der Waals surface area contributed by atoms with Gasteiger partial charge in [0.1, 0.15) is 0 Å². The van der Waals surface area contributed by atoms with E-state index >= 15 is 0 Å². The lowest BCUT2D eigenvalue weighted by Crippen LogP contribution is -2.17. The quantitative estimate of drug-likeness (QED) is 0.850. The van der Waals surface area contributed by atoms with Gasteiger partial charge in [-0.05, 0) is 19.3 Å². The van der Waals surface area contributed by atoms with Gasteiger partial charge in [0.05, 0.1) is 18.1 Å². The highest BCUT2D eigenvalue weighted by Crippen LogP contribution is 2.18. The summed E-state index contributed by atoms with van der Waals surface area (Å²) < 4.78 is 27.9. The summed E-state index contributed by atoms with van der Waals surface area (Å²) >= 11 is 0. The third-order valence-corrected chi connectivity index (χ3v) is 4.63. The van der Waals surface area contributed by atoms with Crippen LogP contribution in [0.3, 0.4) is 0 Å². The van der Waals surface area contributed by atoms with E-state index in [0.29, 0.717) is 37.2 Å². The second-order valence-corrected chi connectivity index (χ2v) is 6.53. The van der Waals surface area contributed by atoms with Crippen LogP contribution >= 0.6 is 0 Å². The molecule has 1 aliphatic rings. The number of anilines is 1. The Bertz CT molecular complexity index is 504. The number of nitrogens with zero attached hydrogens (tertiary/aromatic N) is 2. The zero-order valence-corrected chi connectivity index (χ0v) is 11.1. The number of hydrogen-bond acceptors (Lipinski definition) is 6. The summed E-state index contributed by atoms with van der Waals surface area (Å²) in [7, 11) is -2.82. The van der Waals surface area contributed by atoms with Crippen molar-refractivity contribution in [1.29, 1.82) is 0 Å². The normalized spacial score (nSPS) is 21.7. The molecule has 6 nitrogen and oxygen atoms in total. The molecule has 1 aromatic rings. The number of hydrogen-bond donors (Lipinski definition) is 1. The second kappa shape index (κ2) is 5.51. The Labute approximate surface area is 107 Å². The minimum absolute atomic E-state index is 0.148. The van der Waals surface area contributed by atoms with Gasteiger partial charge in [0.15, 0.2) is 9.84 Å². The van der Waals surface area contributed by atoms with Crippen molar-refractivity contribution in [2.45, 2.75) is 13.3 Å². The molecule has 0 aromatic carbocycles. The molecule has 0 radical (unpaired) electrons. The van der Waals surface area contributed by atoms with Gasteiger partial charge >= 0.3 is 0 Å². The van der Waals surface area contributed by atoms with E-state index in [2.05, 4.69) is 15.3 Å². The standard InChI is InChI=1S/C11H17N3O3S/c1-2-17-10-3-5-12-11(14-10)13-7-9-4-6-18(15,16)8-9/h3,5,9H,2,4,6-8H2,1H3,(H,12,13,14). The number of ether oxygens (including phenoxy) is 1. The minimum atomic E-state index is -2.82. The predicted molar refractivity (Wildman–Crippen MR) is 68.5 cm³/mol. The van der Waals surface area contributed by atoms with Crippen LogP contribution in [0.25, 0.3) is 0 Å². The molecule has 18 heavy (non-hydrogen) atoms. The third-order valence-electron chi connectivity index (χ3n) is 2.80. The van der Waals surface area contributed by atoms with Gasteiger partial charge in [-0.2, -0.15) is 4.98 Å². The van der Waals surface area contributed by atoms with Gasteiger partial charge in [0.2, 0.25) is 11.8 Å². The fraction of sp³-hybridized carbons (Fsp3) is 0.636. The first-order valence-corrected chi connectivity index (χ1v) is 7.81. The maximum absolute atomic E-state index is 11.3. The van der Waals surface area contributed by atoms with Gasteiger partial charge in [-0.25, -0.2) is 13.4 Å². The largest absolute Gasteiger partial charge is 0.478 e. The van der Waals surface area contributed by atoms with E-state index in [4.69, 9.17) is 4.74 Å². The van der Waals surface area contributed by atoms with Crippen molar-refractivity contribution in [2.24, 2.45) is 5.92 Å². The van der Waals surface area contributed by atoms with E-state index in [-0.39, 0.29) is 11.7 Å². The van der Waals surface area contributed by atoms with Gasteiger partial charge < -0.3 is 10.1 Å². The molecule has 2 rings (SSSR count). The SMILES string of the molecule is CCOc1ccnc(NCC2CCS(=O)(=O)C2)n1. The third kappa shape index (κ3) is 3.56. The second-order valence-electron chi connectivity index (χ2n) is 4.30. The van der Waals surface area contributed by atoms with Crippen LogP contribution in [0, 0.1) is 5.92 Å². The van der Waals surface area contributed by atoms with Crippen LogP contribution in [0.4, 0.5) is 5.95 Å². The first-order chi connectivity index (χ1) is 8.59. The lowest BCUT2D eigenvalue weighted by Gasteiger charge is -2.10. The highest BCUT2D eigenvalue weighted by molar-refractivity contribution is 7.91. The number of rotatable bonds is 5. The maximum atomic E-state index is 11.3. The van der Waals surface area contributed by atoms with Crippen molar-refractivity contribution in [3.8, 4) is 5.88 Å². The highest BCUT2D eigenvalue weighted by atomic mass is 32.2. The topological polar surface area (TPSA) is 81.2 Å². The van der Waals surface area contributed by atoms with E-state index < -0.39 is 9.84 Å². The van der Waals surface area contributed by atoms with Crippen molar-refractivity contribution in [2.75, 3.05) is 30.0 Å². The molecule has 1 unspecified atom stereocenters. The van der Waals surface area contributed by atoms with E-state index in [1.165, 1.54) is 0 Å². The van der Waals surface area contributed by atoms with Crippen LogP contribution in [0.5, 0.6) is 5.88 Å². The zero-order chi connectivity index (χ0) is 13.0.